The molecule has 2 aromatic heterocycles. The SMILES string of the molecule is Clc1cnc(-c2ccc(-c3ccccc3)cc2)nc1Nc1cc(C2CC2)[nH]n1. The second-order valence-electron chi connectivity index (χ2n) is 6.94. The van der Waals surface area contributed by atoms with Gasteiger partial charge in [-0.2, -0.15) is 5.10 Å². The van der Waals surface area contributed by atoms with Gasteiger partial charge in [0.25, 0.3) is 0 Å². The van der Waals surface area contributed by atoms with Gasteiger partial charge in [-0.25, -0.2) is 9.97 Å². The van der Waals surface area contributed by atoms with Crippen molar-refractivity contribution < 1.29 is 0 Å². The van der Waals surface area contributed by atoms with E-state index >= 15 is 0 Å². The molecule has 4 aromatic rings. The Morgan fingerprint density at radius 2 is 1.64 bits per heavy atom. The number of hydrogen-bond acceptors (Lipinski definition) is 4. The Bertz CT molecular complexity index is 1100. The molecule has 0 aliphatic heterocycles. The van der Waals surface area contributed by atoms with Crippen LogP contribution in [0.3, 0.4) is 0 Å². The van der Waals surface area contributed by atoms with Crippen LogP contribution in [-0.2, 0) is 0 Å². The molecule has 0 saturated heterocycles. The number of benzene rings is 2. The molecule has 1 saturated carbocycles. The molecule has 0 amide bonds. The molecule has 28 heavy (non-hydrogen) atoms. The van der Waals surface area contributed by atoms with Crippen molar-refractivity contribution in [3.8, 4) is 22.5 Å². The number of nitrogens with one attached hydrogen (secondary N) is 2. The van der Waals surface area contributed by atoms with E-state index < -0.39 is 0 Å². The minimum Gasteiger partial charge on any atom is -0.322 e. The second-order valence-corrected chi connectivity index (χ2v) is 7.35. The van der Waals surface area contributed by atoms with Crippen molar-refractivity contribution in [2.75, 3.05) is 5.32 Å². The zero-order chi connectivity index (χ0) is 18.9. The lowest BCUT2D eigenvalue weighted by atomic mass is 10.0. The van der Waals surface area contributed by atoms with Crippen molar-refractivity contribution in [3.05, 3.63) is 77.6 Å². The van der Waals surface area contributed by atoms with E-state index in [0.29, 0.717) is 28.4 Å². The lowest BCUT2D eigenvalue weighted by Crippen LogP contribution is -1.98. The van der Waals surface area contributed by atoms with E-state index in [0.717, 1.165) is 16.8 Å². The monoisotopic (exact) mass is 387 g/mol. The third-order valence-corrected chi connectivity index (χ3v) is 5.13. The minimum atomic E-state index is 0.459. The maximum Gasteiger partial charge on any atom is 0.161 e. The molecule has 1 aliphatic carbocycles. The molecular formula is C22H18ClN5. The first kappa shape index (κ1) is 17.0. The van der Waals surface area contributed by atoms with E-state index in [9.17, 15) is 0 Å². The Kier molecular flexibility index (Phi) is 4.29. The van der Waals surface area contributed by atoms with E-state index in [1.807, 2.05) is 36.4 Å². The fraction of sp³-hybridized carbons (Fsp3) is 0.136. The zero-order valence-corrected chi connectivity index (χ0v) is 15.8. The van der Waals surface area contributed by atoms with E-state index in [1.165, 1.54) is 18.4 Å². The molecule has 2 aromatic carbocycles. The van der Waals surface area contributed by atoms with Crippen LogP contribution in [0.5, 0.6) is 0 Å². The average Bonchev–Trinajstić information content (AvgIpc) is 3.49. The minimum absolute atomic E-state index is 0.459. The lowest BCUT2D eigenvalue weighted by Gasteiger charge is -2.08. The summed E-state index contributed by atoms with van der Waals surface area (Å²) < 4.78 is 0. The van der Waals surface area contributed by atoms with Gasteiger partial charge in [0.2, 0.25) is 0 Å². The number of rotatable bonds is 5. The number of hydrogen-bond donors (Lipinski definition) is 2. The van der Waals surface area contributed by atoms with Gasteiger partial charge in [0.15, 0.2) is 17.5 Å². The summed E-state index contributed by atoms with van der Waals surface area (Å²) in [7, 11) is 0. The predicted octanol–water partition coefficient (Wildman–Crippen LogP) is 5.81. The number of nitrogens with zero attached hydrogens (tertiary/aromatic N) is 3. The number of halogens is 1. The molecule has 6 heteroatoms. The molecule has 1 fully saturated rings. The third-order valence-electron chi connectivity index (χ3n) is 4.86. The van der Waals surface area contributed by atoms with E-state index in [4.69, 9.17) is 11.6 Å². The molecule has 5 nitrogen and oxygen atoms in total. The molecule has 2 N–H and O–H groups in total. The average molecular weight is 388 g/mol. The fourth-order valence-corrected chi connectivity index (χ4v) is 3.30. The van der Waals surface area contributed by atoms with Crippen LogP contribution in [0.4, 0.5) is 11.6 Å². The largest absolute Gasteiger partial charge is 0.322 e. The second kappa shape index (κ2) is 7.09. The van der Waals surface area contributed by atoms with Gasteiger partial charge >= 0.3 is 0 Å². The number of anilines is 2. The smallest absolute Gasteiger partial charge is 0.161 e. The maximum absolute atomic E-state index is 6.30. The van der Waals surface area contributed by atoms with E-state index in [2.05, 4.69) is 49.7 Å². The predicted molar refractivity (Wildman–Crippen MR) is 112 cm³/mol. The topological polar surface area (TPSA) is 66.5 Å². The third kappa shape index (κ3) is 3.49. The Labute approximate surface area is 167 Å². The summed E-state index contributed by atoms with van der Waals surface area (Å²) >= 11 is 6.30. The van der Waals surface area contributed by atoms with Crippen molar-refractivity contribution in [2.45, 2.75) is 18.8 Å². The van der Waals surface area contributed by atoms with Gasteiger partial charge in [0.05, 0.1) is 6.20 Å². The molecule has 0 spiro atoms. The molecule has 5 rings (SSSR count). The van der Waals surface area contributed by atoms with Gasteiger partial charge in [-0.3, -0.25) is 5.10 Å². The lowest BCUT2D eigenvalue weighted by molar-refractivity contribution is 0.966. The van der Waals surface area contributed by atoms with Crippen molar-refractivity contribution in [3.63, 3.8) is 0 Å². The zero-order valence-electron chi connectivity index (χ0n) is 15.1. The Morgan fingerprint density at radius 3 is 2.39 bits per heavy atom. The highest BCUT2D eigenvalue weighted by atomic mass is 35.5. The van der Waals surface area contributed by atoms with Gasteiger partial charge < -0.3 is 5.32 Å². The Balaban J connectivity index is 1.40. The molecule has 1 aliphatic rings. The Morgan fingerprint density at radius 1 is 0.929 bits per heavy atom. The summed E-state index contributed by atoms with van der Waals surface area (Å²) in [6.45, 7) is 0. The first-order valence-electron chi connectivity index (χ1n) is 9.27. The molecule has 0 atom stereocenters. The van der Waals surface area contributed by atoms with Gasteiger partial charge in [0, 0.05) is 23.2 Å². The highest BCUT2D eigenvalue weighted by Crippen LogP contribution is 2.39. The van der Waals surface area contributed by atoms with Crippen LogP contribution in [0.1, 0.15) is 24.5 Å². The standard InChI is InChI=1S/C22H18ClN5/c23-18-13-24-21(17-10-6-15(7-11-17)14-4-2-1-3-5-14)26-22(18)25-20-12-19(27-28-20)16-8-9-16/h1-7,10-13,16H,8-9H2,(H2,24,25,26,27,28). The van der Waals surface area contributed by atoms with E-state index in [1.54, 1.807) is 6.20 Å². The molecule has 138 valence electrons. The maximum atomic E-state index is 6.30. The molecule has 0 unspecified atom stereocenters. The van der Waals surface area contributed by atoms with Crippen LogP contribution < -0.4 is 5.32 Å². The van der Waals surface area contributed by atoms with Crippen molar-refractivity contribution >= 4 is 23.2 Å². The highest BCUT2D eigenvalue weighted by Gasteiger charge is 2.25. The summed E-state index contributed by atoms with van der Waals surface area (Å²) in [4.78, 5) is 8.99. The van der Waals surface area contributed by atoms with Crippen LogP contribution >= 0.6 is 11.6 Å². The quantitative estimate of drug-likeness (QED) is 0.453. The summed E-state index contributed by atoms with van der Waals surface area (Å²) in [5.41, 5.74) is 4.42. The molecule has 0 bridgehead atoms. The van der Waals surface area contributed by atoms with Crippen LogP contribution in [0.25, 0.3) is 22.5 Å². The van der Waals surface area contributed by atoms with Crippen molar-refractivity contribution in [1.29, 1.82) is 0 Å². The number of aromatic amines is 1. The molecular weight excluding hydrogens is 370 g/mol. The summed E-state index contributed by atoms with van der Waals surface area (Å²) in [5.74, 6) is 2.49. The summed E-state index contributed by atoms with van der Waals surface area (Å²) in [5, 5.41) is 11.0. The van der Waals surface area contributed by atoms with Crippen LogP contribution in [0.2, 0.25) is 5.02 Å². The van der Waals surface area contributed by atoms with Gasteiger partial charge in [-0.05, 0) is 24.0 Å². The molecule has 0 radical (unpaired) electrons. The van der Waals surface area contributed by atoms with Crippen LogP contribution in [0, 0.1) is 0 Å². The van der Waals surface area contributed by atoms with Gasteiger partial charge in [-0.15, -0.1) is 0 Å². The normalized spacial score (nSPS) is 13.5. The number of aromatic nitrogens is 4. The van der Waals surface area contributed by atoms with Crippen molar-refractivity contribution in [2.24, 2.45) is 0 Å². The number of H-pyrrole nitrogens is 1. The highest BCUT2D eigenvalue weighted by molar-refractivity contribution is 6.32. The summed E-state index contributed by atoms with van der Waals surface area (Å²) in [6.07, 6.45) is 4.06. The Hall–Kier alpha value is -3.18. The van der Waals surface area contributed by atoms with Gasteiger partial charge in [0.1, 0.15) is 5.02 Å². The molecule has 2 heterocycles. The van der Waals surface area contributed by atoms with Crippen LogP contribution in [-0.4, -0.2) is 20.2 Å². The first-order valence-corrected chi connectivity index (χ1v) is 9.65. The van der Waals surface area contributed by atoms with Crippen molar-refractivity contribution in [1.82, 2.24) is 20.2 Å². The van der Waals surface area contributed by atoms with Crippen LogP contribution in [0.15, 0.2) is 66.9 Å². The fourth-order valence-electron chi connectivity index (χ4n) is 3.16. The van der Waals surface area contributed by atoms with E-state index in [-0.39, 0.29) is 0 Å². The first-order chi connectivity index (χ1) is 13.8. The summed E-state index contributed by atoms with van der Waals surface area (Å²) in [6, 6.07) is 20.5. The van der Waals surface area contributed by atoms with Gasteiger partial charge in [-0.1, -0.05) is 66.2 Å².